The number of ether oxygens (including phenoxy) is 1. The number of amides is 4. The number of nitrogens with zero attached hydrogens (tertiary/aromatic N) is 5. The van der Waals surface area contributed by atoms with Crippen LogP contribution in [0.4, 0.5) is 22.7 Å². The Morgan fingerprint density at radius 2 is 1.56 bits per heavy atom. The maximum absolute atomic E-state index is 14.3. The Morgan fingerprint density at radius 1 is 0.920 bits per heavy atom. The first kappa shape index (κ1) is 34.2. The number of phenolic OH excluding ortho intramolecular Hbond substituents is 1. The molecule has 0 spiro atoms. The molecular formula is C36H32BrCl2N5O6. The number of benzene rings is 3. The monoisotopic (exact) mass is 779 g/mol. The molecule has 3 aromatic rings. The van der Waals surface area contributed by atoms with Crippen molar-refractivity contribution in [2.45, 2.75) is 28.5 Å². The van der Waals surface area contributed by atoms with E-state index in [1.807, 2.05) is 49.3 Å². The van der Waals surface area contributed by atoms with E-state index >= 15 is 0 Å². The molecule has 2 aliphatic carbocycles. The van der Waals surface area contributed by atoms with E-state index in [1.54, 1.807) is 36.4 Å². The summed E-state index contributed by atoms with van der Waals surface area (Å²) in [5.41, 5.74) is 3.61. The third-order valence-corrected chi connectivity index (χ3v) is 12.2. The fourth-order valence-electron chi connectivity index (χ4n) is 7.86. The SMILES string of the molecule is COc1cc([C@H]2C3=CC[C@@H]4C(=O)N(c5ccc(N=Nc6ccc(N(C)C)cc6)cc5)C(=O)[C@@H]4[C@@H]3C[C@@]3(Cl)C(=O)N(CBr)C(=O)[C@@]23Cl)ccc1O. The highest BCUT2D eigenvalue weighted by Gasteiger charge is 2.76. The van der Waals surface area contributed by atoms with Gasteiger partial charge in [-0.3, -0.25) is 29.0 Å². The number of anilines is 2. The zero-order valence-corrected chi connectivity index (χ0v) is 30.3. The Bertz CT molecular complexity index is 1990. The second kappa shape index (κ2) is 12.5. The molecule has 4 amide bonds. The zero-order valence-electron chi connectivity index (χ0n) is 27.2. The lowest BCUT2D eigenvalue weighted by molar-refractivity contribution is -0.138. The molecule has 2 aliphatic heterocycles. The Morgan fingerprint density at radius 3 is 2.16 bits per heavy atom. The lowest BCUT2D eigenvalue weighted by Crippen LogP contribution is -2.60. The van der Waals surface area contributed by atoms with E-state index < -0.39 is 51.1 Å². The maximum atomic E-state index is 14.3. The molecule has 7 rings (SSSR count). The summed E-state index contributed by atoms with van der Waals surface area (Å²) < 4.78 is 5.36. The van der Waals surface area contributed by atoms with Crippen molar-refractivity contribution in [2.75, 3.05) is 36.5 Å². The standard InChI is InChI=1S/C36H32BrCl2N5O6/c1-42(2)22-9-5-20(6-10-22)40-41-21-7-11-23(12-8-21)44-31(46)25-14-13-24-26(29(25)32(44)47)17-35(38)33(48)43(18-37)34(49)36(35,39)30(24)19-4-15-27(45)28(16-19)50-3/h4-13,15-16,25-26,29-30,45H,14,17-18H2,1-3H3/t25-,26+,29-,30-,35+,36-/m0/s1. The number of azo groups is 1. The van der Waals surface area contributed by atoms with E-state index in [4.69, 9.17) is 27.9 Å². The maximum Gasteiger partial charge on any atom is 0.254 e. The Balaban J connectivity index is 1.22. The van der Waals surface area contributed by atoms with Gasteiger partial charge in [-0.25, -0.2) is 0 Å². The summed E-state index contributed by atoms with van der Waals surface area (Å²) in [5.74, 6) is -5.37. The molecule has 0 bridgehead atoms. The summed E-state index contributed by atoms with van der Waals surface area (Å²) >= 11 is 17.8. The predicted molar refractivity (Wildman–Crippen MR) is 192 cm³/mol. The summed E-state index contributed by atoms with van der Waals surface area (Å²) in [6.45, 7) is 0. The van der Waals surface area contributed by atoms with Crippen molar-refractivity contribution in [3.05, 3.63) is 83.9 Å². The van der Waals surface area contributed by atoms with Crippen LogP contribution in [0.3, 0.4) is 0 Å². The number of carbonyl (C=O) groups excluding carboxylic acids is 4. The van der Waals surface area contributed by atoms with E-state index in [9.17, 15) is 24.3 Å². The first-order valence-corrected chi connectivity index (χ1v) is 17.8. The van der Waals surface area contributed by atoms with Gasteiger partial charge < -0.3 is 14.7 Å². The van der Waals surface area contributed by atoms with Crippen LogP contribution in [-0.2, 0) is 19.2 Å². The lowest BCUT2D eigenvalue weighted by atomic mass is 9.56. The van der Waals surface area contributed by atoms with Gasteiger partial charge in [0, 0.05) is 25.7 Å². The molecular weight excluding hydrogens is 749 g/mol. The number of carbonyl (C=O) groups is 4. The smallest absolute Gasteiger partial charge is 0.254 e. The number of rotatable bonds is 7. The normalized spacial score (nSPS) is 28.9. The van der Waals surface area contributed by atoms with E-state index in [0.29, 0.717) is 28.2 Å². The zero-order chi connectivity index (χ0) is 35.7. The van der Waals surface area contributed by atoms with Crippen molar-refractivity contribution in [3.63, 3.8) is 0 Å². The van der Waals surface area contributed by atoms with Crippen molar-refractivity contribution in [1.29, 1.82) is 0 Å². The van der Waals surface area contributed by atoms with Gasteiger partial charge in [0.1, 0.15) is 0 Å². The number of imide groups is 2. The van der Waals surface area contributed by atoms with Crippen molar-refractivity contribution in [1.82, 2.24) is 4.90 Å². The molecule has 2 heterocycles. The summed E-state index contributed by atoms with van der Waals surface area (Å²) in [6.07, 6.45) is 1.94. The number of hydrogen-bond donors (Lipinski definition) is 1. The van der Waals surface area contributed by atoms with Crippen LogP contribution in [0.1, 0.15) is 24.3 Å². The van der Waals surface area contributed by atoms with Crippen LogP contribution < -0.4 is 14.5 Å². The predicted octanol–water partition coefficient (Wildman–Crippen LogP) is 6.80. The largest absolute Gasteiger partial charge is 0.504 e. The molecule has 4 aliphatic rings. The van der Waals surface area contributed by atoms with Gasteiger partial charge in [-0.15, -0.1) is 23.2 Å². The number of allylic oxidation sites excluding steroid dienone is 2. The molecule has 1 saturated carbocycles. The fourth-order valence-corrected chi connectivity index (χ4v) is 9.28. The second-order valence-corrected chi connectivity index (χ2v) is 14.8. The number of hydrogen-bond acceptors (Lipinski definition) is 9. The number of likely N-dealkylation sites (tertiary alicyclic amines) is 1. The molecule has 11 nitrogen and oxygen atoms in total. The van der Waals surface area contributed by atoms with E-state index in [0.717, 1.165) is 10.6 Å². The lowest BCUT2D eigenvalue weighted by Gasteiger charge is -2.50. The van der Waals surface area contributed by atoms with Crippen LogP contribution in [-0.4, -0.2) is 70.0 Å². The highest BCUT2D eigenvalue weighted by atomic mass is 79.9. The molecule has 50 heavy (non-hydrogen) atoms. The number of alkyl halides is 3. The van der Waals surface area contributed by atoms with Crippen LogP contribution in [0.15, 0.2) is 88.6 Å². The number of phenols is 1. The minimum absolute atomic E-state index is 0.127. The Labute approximate surface area is 306 Å². The van der Waals surface area contributed by atoms with Crippen molar-refractivity contribution in [3.8, 4) is 11.5 Å². The van der Waals surface area contributed by atoms with Crippen molar-refractivity contribution < 1.29 is 29.0 Å². The van der Waals surface area contributed by atoms with Gasteiger partial charge in [-0.2, -0.15) is 10.2 Å². The van der Waals surface area contributed by atoms with Gasteiger partial charge in [0.25, 0.3) is 11.8 Å². The number of methoxy groups -OCH3 is 1. The van der Waals surface area contributed by atoms with Gasteiger partial charge in [-0.05, 0) is 85.0 Å². The van der Waals surface area contributed by atoms with Crippen LogP contribution in [0.5, 0.6) is 11.5 Å². The molecule has 0 radical (unpaired) electrons. The quantitative estimate of drug-likeness (QED) is 0.0918. The van der Waals surface area contributed by atoms with E-state index in [-0.39, 0.29) is 35.7 Å². The molecule has 6 atom stereocenters. The van der Waals surface area contributed by atoms with Crippen LogP contribution in [0.25, 0.3) is 0 Å². The molecule has 2 saturated heterocycles. The molecule has 0 unspecified atom stereocenters. The fraction of sp³-hybridized carbons (Fsp3) is 0.333. The summed E-state index contributed by atoms with van der Waals surface area (Å²) in [7, 11) is 5.30. The van der Waals surface area contributed by atoms with Gasteiger partial charge in [-0.1, -0.05) is 33.6 Å². The molecule has 1 N–H and O–H groups in total. The Hall–Kier alpha value is -4.26. The third kappa shape index (κ3) is 4.97. The van der Waals surface area contributed by atoms with Gasteiger partial charge >= 0.3 is 0 Å². The highest BCUT2D eigenvalue weighted by molar-refractivity contribution is 9.09. The highest BCUT2D eigenvalue weighted by Crippen LogP contribution is 2.65. The Kier molecular flexibility index (Phi) is 8.55. The average molecular weight is 781 g/mol. The first-order chi connectivity index (χ1) is 23.8. The number of halogens is 3. The van der Waals surface area contributed by atoms with E-state index in [1.165, 1.54) is 18.1 Å². The number of fused-ring (bicyclic) bond motifs is 4. The topological polar surface area (TPSA) is 132 Å². The average Bonchev–Trinajstić information content (AvgIpc) is 3.45. The summed E-state index contributed by atoms with van der Waals surface area (Å²) in [6, 6.07) is 18.8. The summed E-state index contributed by atoms with van der Waals surface area (Å²) in [5, 5.41) is 19.0. The minimum Gasteiger partial charge on any atom is -0.504 e. The molecule has 14 heteroatoms. The number of aromatic hydroxyl groups is 1. The van der Waals surface area contributed by atoms with Crippen LogP contribution in [0.2, 0.25) is 0 Å². The molecule has 3 aromatic carbocycles. The van der Waals surface area contributed by atoms with Gasteiger partial charge in [0.15, 0.2) is 21.2 Å². The van der Waals surface area contributed by atoms with E-state index in [2.05, 4.69) is 26.2 Å². The molecule has 258 valence electrons. The minimum atomic E-state index is -1.96. The first-order valence-electron chi connectivity index (χ1n) is 15.9. The van der Waals surface area contributed by atoms with Gasteiger partial charge in [0.05, 0.1) is 41.5 Å². The van der Waals surface area contributed by atoms with Crippen LogP contribution in [0, 0.1) is 17.8 Å². The van der Waals surface area contributed by atoms with Gasteiger partial charge in [0.2, 0.25) is 11.8 Å². The molecule has 3 fully saturated rings. The molecule has 0 aromatic heterocycles. The van der Waals surface area contributed by atoms with Crippen molar-refractivity contribution in [2.24, 2.45) is 28.0 Å². The van der Waals surface area contributed by atoms with Crippen molar-refractivity contribution >= 4 is 85.5 Å². The third-order valence-electron chi connectivity index (χ3n) is 10.3. The summed E-state index contributed by atoms with van der Waals surface area (Å²) in [4.78, 5) is 56.4. The van der Waals surface area contributed by atoms with Crippen LogP contribution >= 0.6 is 39.1 Å². The second-order valence-electron chi connectivity index (χ2n) is 13.1.